The van der Waals surface area contributed by atoms with Crippen LogP contribution in [0.25, 0.3) is 21.8 Å². The van der Waals surface area contributed by atoms with Crippen molar-refractivity contribution in [3.8, 4) is 0 Å². The summed E-state index contributed by atoms with van der Waals surface area (Å²) in [6.07, 6.45) is 1.48. The first kappa shape index (κ1) is 15.3. The number of nitrogens with zero attached hydrogens (tertiary/aromatic N) is 1. The van der Waals surface area contributed by atoms with Gasteiger partial charge in [0.2, 0.25) is 10.0 Å². The molecule has 3 N–H and O–H groups in total. The number of nitrogens with two attached hydrogens (primary N) is 1. The zero-order chi connectivity index (χ0) is 16.8. The van der Waals surface area contributed by atoms with Crippen molar-refractivity contribution in [3.63, 3.8) is 0 Å². The molecule has 120 valence electrons. The Kier molecular flexibility index (Phi) is 3.46. The summed E-state index contributed by atoms with van der Waals surface area (Å²) in [5.74, 6) is -0.543. The molecule has 3 aromatic rings. The minimum atomic E-state index is -3.84. The van der Waals surface area contributed by atoms with Gasteiger partial charge in [-0.3, -0.25) is 4.79 Å². The van der Waals surface area contributed by atoms with Crippen molar-refractivity contribution in [2.24, 2.45) is 5.14 Å². The van der Waals surface area contributed by atoms with Gasteiger partial charge in [-0.1, -0.05) is 6.92 Å². The van der Waals surface area contributed by atoms with Crippen molar-refractivity contribution in [2.45, 2.75) is 18.2 Å². The van der Waals surface area contributed by atoms with E-state index in [9.17, 15) is 18.0 Å². The van der Waals surface area contributed by atoms with Crippen LogP contribution in [0.5, 0.6) is 0 Å². The first-order chi connectivity index (χ1) is 10.8. The summed E-state index contributed by atoms with van der Waals surface area (Å²) in [6.45, 7) is 1.61. The fourth-order valence-corrected chi connectivity index (χ4v) is 2.80. The van der Waals surface area contributed by atoms with Crippen LogP contribution in [0.3, 0.4) is 0 Å². The fourth-order valence-electron chi connectivity index (χ4n) is 2.26. The van der Waals surface area contributed by atoms with Gasteiger partial charge in [0.05, 0.1) is 16.6 Å². The van der Waals surface area contributed by atoms with Crippen LogP contribution in [0, 0.1) is 0 Å². The Hall–Kier alpha value is -2.65. The molecule has 1 aromatic carbocycles. The molecule has 0 radical (unpaired) electrons. The maximum atomic E-state index is 12.0. The summed E-state index contributed by atoms with van der Waals surface area (Å²) >= 11 is 0. The topological polar surface area (TPSA) is 124 Å². The summed E-state index contributed by atoms with van der Waals surface area (Å²) in [5.41, 5.74) is 0.614. The Balaban J connectivity index is 2.25. The lowest BCUT2D eigenvalue weighted by atomic mass is 10.2. The predicted molar refractivity (Wildman–Crippen MR) is 83.3 cm³/mol. The number of rotatable bonds is 3. The molecule has 2 aromatic heterocycles. The molecule has 0 spiro atoms. The van der Waals surface area contributed by atoms with Gasteiger partial charge in [0.1, 0.15) is 0 Å². The Bertz CT molecular complexity index is 1090. The van der Waals surface area contributed by atoms with Crippen LogP contribution in [0.15, 0.2) is 40.2 Å². The fraction of sp³-hybridized carbons (Fsp3) is 0.143. The predicted octanol–water partition coefficient (Wildman–Crippen LogP) is 0.495. The number of carbonyl (C=O) groups is 1. The van der Waals surface area contributed by atoms with E-state index in [-0.39, 0.29) is 11.3 Å². The Labute approximate surface area is 130 Å². The third-order valence-electron chi connectivity index (χ3n) is 3.39. The molecule has 0 amide bonds. The van der Waals surface area contributed by atoms with Gasteiger partial charge >= 0.3 is 5.97 Å². The summed E-state index contributed by atoms with van der Waals surface area (Å²) in [7, 11) is -3.84. The minimum absolute atomic E-state index is 0.0486. The summed E-state index contributed by atoms with van der Waals surface area (Å²) < 4.78 is 23.7. The van der Waals surface area contributed by atoms with E-state index < -0.39 is 21.6 Å². The van der Waals surface area contributed by atoms with Gasteiger partial charge in [0, 0.05) is 28.8 Å². The van der Waals surface area contributed by atoms with E-state index in [2.05, 4.69) is 4.98 Å². The van der Waals surface area contributed by atoms with Gasteiger partial charge < -0.3 is 9.82 Å². The monoisotopic (exact) mass is 335 g/mol. The maximum absolute atomic E-state index is 12.0. The summed E-state index contributed by atoms with van der Waals surface area (Å²) in [5, 5.41) is 6.18. The van der Waals surface area contributed by atoms with Crippen LogP contribution < -0.4 is 15.5 Å². The molecular weight excluding hydrogens is 322 g/mol. The van der Waals surface area contributed by atoms with Crippen molar-refractivity contribution in [1.29, 1.82) is 0 Å². The first-order valence-corrected chi connectivity index (χ1v) is 8.26. The number of primary sulfonamides is 1. The van der Waals surface area contributed by atoms with Crippen molar-refractivity contribution in [2.75, 3.05) is 0 Å². The molecule has 0 unspecified atom stereocenters. The first-order valence-electron chi connectivity index (χ1n) is 6.71. The standard InChI is InChI=1S/C14H13N3O5S/c1-2-14(19)22-17-7-12-10(6-13(17)18)9-5-8(23(15,20)21)3-4-11(9)16-12/h3-7,16H,2H2,1H3,(H2,15,20,21). The average molecular weight is 335 g/mol. The molecule has 0 bridgehead atoms. The molecule has 0 aliphatic carbocycles. The number of aromatic nitrogens is 2. The molecule has 0 fully saturated rings. The number of pyridine rings is 1. The van der Waals surface area contributed by atoms with Crippen molar-refractivity contribution in [3.05, 3.63) is 40.8 Å². The average Bonchev–Trinajstić information content (AvgIpc) is 2.83. The number of aromatic amines is 1. The summed E-state index contributed by atoms with van der Waals surface area (Å²) in [6, 6.07) is 5.59. The molecule has 0 aliphatic rings. The van der Waals surface area contributed by atoms with E-state index in [0.29, 0.717) is 21.8 Å². The highest BCUT2D eigenvalue weighted by Crippen LogP contribution is 2.26. The van der Waals surface area contributed by atoms with Crippen molar-refractivity contribution >= 4 is 37.8 Å². The van der Waals surface area contributed by atoms with E-state index in [4.69, 9.17) is 9.98 Å². The SMILES string of the molecule is CCC(=O)On1cc2[nH]c3ccc(S(N)(=O)=O)cc3c2cc1=O. The number of carbonyl (C=O) groups excluding carboxylic acids is 1. The highest BCUT2D eigenvalue weighted by molar-refractivity contribution is 7.89. The molecule has 0 saturated heterocycles. The third kappa shape index (κ3) is 2.71. The van der Waals surface area contributed by atoms with Crippen LogP contribution in [0.1, 0.15) is 13.3 Å². The van der Waals surface area contributed by atoms with Gasteiger partial charge in [-0.05, 0) is 18.2 Å². The third-order valence-corrected chi connectivity index (χ3v) is 4.30. The molecule has 23 heavy (non-hydrogen) atoms. The number of hydrogen-bond donors (Lipinski definition) is 2. The Morgan fingerprint density at radius 2 is 1.96 bits per heavy atom. The van der Waals surface area contributed by atoms with E-state index >= 15 is 0 Å². The molecule has 9 heteroatoms. The van der Waals surface area contributed by atoms with Crippen molar-refractivity contribution in [1.82, 2.24) is 9.71 Å². The lowest BCUT2D eigenvalue weighted by Gasteiger charge is -2.04. The lowest BCUT2D eigenvalue weighted by molar-refractivity contribution is -0.144. The zero-order valence-corrected chi connectivity index (χ0v) is 12.9. The van der Waals surface area contributed by atoms with Gasteiger partial charge in [0.15, 0.2) is 0 Å². The molecule has 0 saturated carbocycles. The van der Waals surface area contributed by atoms with Crippen LogP contribution >= 0.6 is 0 Å². The quantitative estimate of drug-likeness (QED) is 0.721. The second-order valence-electron chi connectivity index (χ2n) is 4.96. The van der Waals surface area contributed by atoms with E-state index in [0.717, 1.165) is 4.73 Å². The van der Waals surface area contributed by atoms with Crippen LogP contribution in [0.2, 0.25) is 0 Å². The molecule has 8 nitrogen and oxygen atoms in total. The van der Waals surface area contributed by atoms with Gasteiger partial charge in [0.25, 0.3) is 5.56 Å². The molecule has 2 heterocycles. The highest BCUT2D eigenvalue weighted by atomic mass is 32.2. The lowest BCUT2D eigenvalue weighted by Crippen LogP contribution is -2.29. The molecular formula is C14H13N3O5S. The van der Waals surface area contributed by atoms with Gasteiger partial charge in [-0.25, -0.2) is 18.4 Å². The number of benzene rings is 1. The summed E-state index contributed by atoms with van der Waals surface area (Å²) in [4.78, 5) is 31.2. The van der Waals surface area contributed by atoms with Gasteiger partial charge in [-0.15, -0.1) is 4.73 Å². The van der Waals surface area contributed by atoms with E-state index in [1.807, 2.05) is 0 Å². The zero-order valence-electron chi connectivity index (χ0n) is 12.1. The molecule has 0 atom stereocenters. The highest BCUT2D eigenvalue weighted by Gasteiger charge is 2.13. The van der Waals surface area contributed by atoms with Crippen molar-refractivity contribution < 1.29 is 18.0 Å². The minimum Gasteiger partial charge on any atom is -0.353 e. The number of hydrogen-bond acceptors (Lipinski definition) is 5. The van der Waals surface area contributed by atoms with E-state index in [1.165, 1.54) is 24.4 Å². The number of sulfonamides is 1. The largest absolute Gasteiger partial charge is 0.353 e. The maximum Gasteiger partial charge on any atom is 0.332 e. The molecule has 3 rings (SSSR count). The van der Waals surface area contributed by atoms with Crippen LogP contribution in [0.4, 0.5) is 0 Å². The van der Waals surface area contributed by atoms with E-state index in [1.54, 1.807) is 13.0 Å². The van der Waals surface area contributed by atoms with Gasteiger partial charge in [-0.2, -0.15) is 0 Å². The number of nitrogens with one attached hydrogen (secondary N) is 1. The second kappa shape index (κ2) is 5.21. The number of fused-ring (bicyclic) bond motifs is 3. The Morgan fingerprint density at radius 1 is 1.26 bits per heavy atom. The van der Waals surface area contributed by atoms with Crippen LogP contribution in [-0.2, 0) is 14.8 Å². The molecule has 0 aliphatic heterocycles. The number of H-pyrrole nitrogens is 1. The normalized spacial score (nSPS) is 11.9. The Morgan fingerprint density at radius 3 is 2.61 bits per heavy atom. The smallest absolute Gasteiger partial charge is 0.332 e. The van der Waals surface area contributed by atoms with Crippen LogP contribution in [-0.4, -0.2) is 24.1 Å². The second-order valence-corrected chi connectivity index (χ2v) is 6.52.